The van der Waals surface area contributed by atoms with E-state index in [1.165, 1.54) is 7.11 Å². The van der Waals surface area contributed by atoms with Crippen LogP contribution in [0.3, 0.4) is 0 Å². The number of methoxy groups -OCH3 is 1. The monoisotopic (exact) mass is 208 g/mol. The Morgan fingerprint density at radius 3 is 2.80 bits per heavy atom. The minimum atomic E-state index is -0.904. The third-order valence-electron chi connectivity index (χ3n) is 4.07. The van der Waals surface area contributed by atoms with Gasteiger partial charge in [-0.05, 0) is 24.7 Å². The molecule has 0 aromatic carbocycles. The Kier molecular flexibility index (Phi) is 2.04. The summed E-state index contributed by atoms with van der Waals surface area (Å²) in [5.74, 6) is -0.345. The number of rotatable bonds is 1. The Hall–Kier alpha value is -1.12. The average Bonchev–Trinajstić information content (AvgIpc) is 2.44. The lowest BCUT2D eigenvalue weighted by atomic mass is 9.69. The van der Waals surface area contributed by atoms with Gasteiger partial charge in [-0.25, -0.2) is 0 Å². The van der Waals surface area contributed by atoms with Crippen LogP contribution in [0.2, 0.25) is 0 Å². The van der Waals surface area contributed by atoms with Gasteiger partial charge in [0.1, 0.15) is 5.41 Å². The molecule has 0 N–H and O–H groups in total. The number of fused-ring (bicyclic) bond motifs is 2. The van der Waals surface area contributed by atoms with E-state index in [2.05, 4.69) is 13.5 Å². The Bertz CT molecular complexity index is 348. The topological polar surface area (TPSA) is 43.4 Å². The first-order valence-corrected chi connectivity index (χ1v) is 5.25. The van der Waals surface area contributed by atoms with Crippen molar-refractivity contribution in [3.63, 3.8) is 0 Å². The third kappa shape index (κ3) is 1.18. The number of carbonyl (C=O) groups excluding carboxylic acids is 2. The van der Waals surface area contributed by atoms with Gasteiger partial charge in [0.15, 0.2) is 5.78 Å². The van der Waals surface area contributed by atoms with Crippen molar-refractivity contribution in [2.45, 2.75) is 32.6 Å². The zero-order valence-corrected chi connectivity index (χ0v) is 9.26. The first-order chi connectivity index (χ1) is 6.94. The fourth-order valence-electron chi connectivity index (χ4n) is 2.98. The van der Waals surface area contributed by atoms with Crippen molar-refractivity contribution in [3.05, 3.63) is 12.2 Å². The molecular weight excluding hydrogens is 192 g/mol. The highest BCUT2D eigenvalue weighted by Crippen LogP contribution is 2.59. The van der Waals surface area contributed by atoms with Gasteiger partial charge in [-0.1, -0.05) is 19.1 Å². The first-order valence-electron chi connectivity index (χ1n) is 5.25. The van der Waals surface area contributed by atoms with Crippen LogP contribution in [0.5, 0.6) is 0 Å². The summed E-state index contributed by atoms with van der Waals surface area (Å²) in [6.45, 7) is 6.09. The van der Waals surface area contributed by atoms with E-state index in [-0.39, 0.29) is 17.2 Å². The van der Waals surface area contributed by atoms with E-state index in [0.29, 0.717) is 19.3 Å². The maximum Gasteiger partial charge on any atom is 0.319 e. The van der Waals surface area contributed by atoms with Gasteiger partial charge in [-0.3, -0.25) is 9.59 Å². The van der Waals surface area contributed by atoms with Crippen molar-refractivity contribution < 1.29 is 14.3 Å². The molecule has 2 atom stereocenters. The van der Waals surface area contributed by atoms with Crippen molar-refractivity contribution in [2.75, 3.05) is 7.11 Å². The normalized spacial score (nSPS) is 39.3. The zero-order valence-electron chi connectivity index (χ0n) is 9.26. The van der Waals surface area contributed by atoms with E-state index in [1.807, 2.05) is 0 Å². The Morgan fingerprint density at radius 2 is 2.20 bits per heavy atom. The van der Waals surface area contributed by atoms with Crippen LogP contribution >= 0.6 is 0 Å². The lowest BCUT2D eigenvalue weighted by Gasteiger charge is -2.33. The zero-order chi connectivity index (χ0) is 11.3. The molecule has 2 bridgehead atoms. The SMILES string of the molecule is C=C1CC2(C(=O)OC)CC1(C)CCC2=O. The van der Waals surface area contributed by atoms with Crippen molar-refractivity contribution in [1.29, 1.82) is 0 Å². The van der Waals surface area contributed by atoms with Crippen molar-refractivity contribution in [1.82, 2.24) is 0 Å². The van der Waals surface area contributed by atoms with Gasteiger partial charge >= 0.3 is 5.97 Å². The summed E-state index contributed by atoms with van der Waals surface area (Å²) in [5, 5.41) is 0. The summed E-state index contributed by atoms with van der Waals surface area (Å²) >= 11 is 0. The molecule has 0 aromatic rings. The van der Waals surface area contributed by atoms with Gasteiger partial charge in [0, 0.05) is 6.42 Å². The van der Waals surface area contributed by atoms with Crippen LogP contribution in [-0.2, 0) is 14.3 Å². The van der Waals surface area contributed by atoms with Crippen LogP contribution in [0, 0.1) is 10.8 Å². The van der Waals surface area contributed by atoms with Crippen LogP contribution in [0.25, 0.3) is 0 Å². The van der Waals surface area contributed by atoms with E-state index >= 15 is 0 Å². The fraction of sp³-hybridized carbons (Fsp3) is 0.667. The predicted molar refractivity (Wildman–Crippen MR) is 55.2 cm³/mol. The fourth-order valence-corrected chi connectivity index (χ4v) is 2.98. The molecule has 3 nitrogen and oxygen atoms in total. The van der Waals surface area contributed by atoms with Crippen LogP contribution < -0.4 is 0 Å². The summed E-state index contributed by atoms with van der Waals surface area (Å²) in [5.41, 5.74) is 0.0831. The van der Waals surface area contributed by atoms with Crippen molar-refractivity contribution >= 4 is 11.8 Å². The van der Waals surface area contributed by atoms with Gasteiger partial charge in [0.2, 0.25) is 0 Å². The largest absolute Gasteiger partial charge is 0.468 e. The van der Waals surface area contributed by atoms with Crippen molar-refractivity contribution in [2.24, 2.45) is 10.8 Å². The van der Waals surface area contributed by atoms with Crippen LogP contribution in [0.1, 0.15) is 32.6 Å². The molecule has 2 aliphatic rings. The number of carbonyl (C=O) groups is 2. The number of Topliss-reactive ketones (excluding diaryl/α,β-unsaturated/α-hetero) is 1. The lowest BCUT2D eigenvalue weighted by molar-refractivity contribution is -0.159. The molecule has 2 rings (SSSR count). The van der Waals surface area contributed by atoms with E-state index in [9.17, 15) is 9.59 Å². The van der Waals surface area contributed by atoms with Gasteiger partial charge < -0.3 is 4.74 Å². The molecule has 2 unspecified atom stereocenters. The second kappa shape index (κ2) is 2.94. The maximum absolute atomic E-state index is 11.9. The van der Waals surface area contributed by atoms with Crippen LogP contribution in [0.4, 0.5) is 0 Å². The molecule has 0 heterocycles. The maximum atomic E-state index is 11.9. The molecule has 0 saturated heterocycles. The first kappa shape index (κ1) is 10.4. The van der Waals surface area contributed by atoms with Gasteiger partial charge in [0.05, 0.1) is 7.11 Å². The van der Waals surface area contributed by atoms with Crippen molar-refractivity contribution in [3.8, 4) is 0 Å². The summed E-state index contributed by atoms with van der Waals surface area (Å²) in [4.78, 5) is 23.7. The number of hydrogen-bond donors (Lipinski definition) is 0. The average molecular weight is 208 g/mol. The van der Waals surface area contributed by atoms with Crippen LogP contribution in [0.15, 0.2) is 12.2 Å². The molecule has 0 amide bonds. The quantitative estimate of drug-likeness (QED) is 0.375. The molecule has 0 aliphatic heterocycles. The number of allylic oxidation sites excluding steroid dienone is 1. The second-order valence-electron chi connectivity index (χ2n) is 5.01. The Labute approximate surface area is 89.5 Å². The van der Waals surface area contributed by atoms with Crippen LogP contribution in [-0.4, -0.2) is 18.9 Å². The number of esters is 1. The highest BCUT2D eigenvalue weighted by Gasteiger charge is 2.60. The minimum Gasteiger partial charge on any atom is -0.468 e. The summed E-state index contributed by atoms with van der Waals surface area (Å²) in [7, 11) is 1.34. The highest BCUT2D eigenvalue weighted by atomic mass is 16.5. The molecule has 15 heavy (non-hydrogen) atoms. The third-order valence-corrected chi connectivity index (χ3v) is 4.07. The van der Waals surface area contributed by atoms with Gasteiger partial charge in [0.25, 0.3) is 0 Å². The molecule has 2 fully saturated rings. The summed E-state index contributed by atoms with van der Waals surface area (Å²) in [6.07, 6.45) is 2.37. The smallest absolute Gasteiger partial charge is 0.319 e. The minimum absolute atomic E-state index is 0.0328. The Morgan fingerprint density at radius 1 is 1.53 bits per heavy atom. The van der Waals surface area contributed by atoms with E-state index < -0.39 is 5.41 Å². The summed E-state index contributed by atoms with van der Waals surface area (Å²) in [6, 6.07) is 0. The molecule has 0 radical (unpaired) electrons. The van der Waals surface area contributed by atoms with Gasteiger partial charge in [-0.2, -0.15) is 0 Å². The molecule has 2 aliphatic carbocycles. The second-order valence-corrected chi connectivity index (χ2v) is 5.01. The molecule has 0 aromatic heterocycles. The Balaban J connectivity index is 2.44. The predicted octanol–water partition coefficient (Wildman–Crippen LogP) is 1.86. The number of ether oxygens (including phenoxy) is 1. The van der Waals surface area contributed by atoms with Gasteiger partial charge in [-0.15, -0.1) is 0 Å². The summed E-state index contributed by atoms with van der Waals surface area (Å²) < 4.78 is 4.77. The van der Waals surface area contributed by atoms with E-state index in [0.717, 1.165) is 12.0 Å². The molecule has 3 heteroatoms. The highest BCUT2D eigenvalue weighted by molar-refractivity contribution is 6.05. The van der Waals surface area contributed by atoms with E-state index in [1.54, 1.807) is 0 Å². The molecule has 2 saturated carbocycles. The number of ketones is 1. The molecular formula is C12H16O3. The number of hydrogen-bond acceptors (Lipinski definition) is 3. The standard InChI is InChI=1S/C12H16O3/c1-8-6-12(10(14)15-3)7-11(8,2)5-4-9(12)13/h1,4-7H2,2-3H3. The van der Waals surface area contributed by atoms with E-state index in [4.69, 9.17) is 4.74 Å². The lowest BCUT2D eigenvalue weighted by Crippen LogP contribution is -2.42. The molecule has 0 spiro atoms. The molecule has 82 valence electrons.